The number of benzene rings is 3. The average Bonchev–Trinajstić information content (AvgIpc) is 3.19. The third-order valence-corrected chi connectivity index (χ3v) is 5.45. The molecule has 4 rings (SSSR count). The number of hydrogen-bond donors (Lipinski definition) is 2. The minimum Gasteiger partial charge on any atom is -0.479 e. The lowest BCUT2D eigenvalue weighted by atomic mass is 10.2. The number of oxazole rings is 1. The fourth-order valence-electron chi connectivity index (χ4n) is 3.08. The number of aryl methyl sites for hydroxylation is 1. The van der Waals surface area contributed by atoms with Crippen LogP contribution in [0, 0.1) is 6.92 Å². The van der Waals surface area contributed by atoms with Crippen LogP contribution in [0.5, 0.6) is 5.75 Å². The first-order valence-electron chi connectivity index (χ1n) is 9.99. The summed E-state index contributed by atoms with van der Waals surface area (Å²) < 4.78 is 11.5. The zero-order chi connectivity index (χ0) is 23.5. The van der Waals surface area contributed by atoms with Crippen molar-refractivity contribution < 1.29 is 13.9 Å². The van der Waals surface area contributed by atoms with Crippen LogP contribution in [0.3, 0.4) is 0 Å². The highest BCUT2D eigenvalue weighted by atomic mass is 35.5. The molecule has 1 atom stereocenters. The second-order valence-electron chi connectivity index (χ2n) is 7.35. The molecule has 0 saturated carbocycles. The van der Waals surface area contributed by atoms with E-state index in [1.165, 1.54) is 0 Å². The van der Waals surface area contributed by atoms with E-state index in [0.717, 1.165) is 16.6 Å². The number of anilines is 1. The molecule has 0 radical (unpaired) electrons. The summed E-state index contributed by atoms with van der Waals surface area (Å²) >= 11 is 17.3. The third kappa shape index (κ3) is 5.63. The van der Waals surface area contributed by atoms with Crippen molar-refractivity contribution in [3.05, 3.63) is 76.3 Å². The van der Waals surface area contributed by atoms with Crippen LogP contribution in [0.1, 0.15) is 12.5 Å². The Balaban J connectivity index is 1.40. The summed E-state index contributed by atoms with van der Waals surface area (Å²) in [6, 6.07) is 18.0. The van der Waals surface area contributed by atoms with Gasteiger partial charge in [0, 0.05) is 16.3 Å². The second kappa shape index (κ2) is 9.79. The van der Waals surface area contributed by atoms with E-state index < -0.39 is 12.0 Å². The van der Waals surface area contributed by atoms with Crippen LogP contribution in [-0.4, -0.2) is 22.1 Å². The van der Waals surface area contributed by atoms with Gasteiger partial charge in [0.15, 0.2) is 16.8 Å². The molecule has 33 heavy (non-hydrogen) atoms. The maximum Gasteiger partial charge on any atom is 0.266 e. The molecule has 1 amide bonds. The van der Waals surface area contributed by atoms with Crippen molar-refractivity contribution in [2.75, 3.05) is 5.32 Å². The molecule has 0 saturated heterocycles. The normalized spacial score (nSPS) is 11.8. The first-order valence-corrected chi connectivity index (χ1v) is 11.2. The molecule has 6 nitrogen and oxygen atoms in total. The zero-order valence-corrected chi connectivity index (χ0v) is 20.0. The van der Waals surface area contributed by atoms with Crippen LogP contribution in [0.4, 0.5) is 5.69 Å². The molecule has 0 aliphatic heterocycles. The van der Waals surface area contributed by atoms with E-state index in [0.29, 0.717) is 33.0 Å². The van der Waals surface area contributed by atoms with Crippen LogP contribution < -0.4 is 15.4 Å². The van der Waals surface area contributed by atoms with Gasteiger partial charge in [-0.25, -0.2) is 4.98 Å². The zero-order valence-electron chi connectivity index (χ0n) is 17.7. The fourth-order valence-corrected chi connectivity index (χ4v) is 3.75. The minimum absolute atomic E-state index is 0.128. The average molecular weight is 500 g/mol. The summed E-state index contributed by atoms with van der Waals surface area (Å²) in [7, 11) is 0. The molecule has 1 unspecified atom stereocenters. The van der Waals surface area contributed by atoms with Gasteiger partial charge in [0.05, 0.1) is 5.02 Å². The molecule has 168 valence electrons. The summed E-state index contributed by atoms with van der Waals surface area (Å²) in [6.07, 6.45) is -0.835. The van der Waals surface area contributed by atoms with E-state index >= 15 is 0 Å². The SMILES string of the molecule is Cc1ccc2oc(-c3cccc(NC(=S)NC(=O)C(C)Oc4ccc(Cl)cc4Cl)c3)nc2c1. The largest absolute Gasteiger partial charge is 0.479 e. The van der Waals surface area contributed by atoms with Gasteiger partial charge in [0.25, 0.3) is 5.91 Å². The summed E-state index contributed by atoms with van der Waals surface area (Å²) in [6.45, 7) is 3.60. The molecule has 1 aromatic heterocycles. The van der Waals surface area contributed by atoms with Crippen LogP contribution in [0.2, 0.25) is 10.0 Å². The Kier molecular flexibility index (Phi) is 6.83. The highest BCUT2D eigenvalue weighted by Gasteiger charge is 2.18. The Labute approximate surface area is 205 Å². The summed E-state index contributed by atoms with van der Waals surface area (Å²) in [5.41, 5.74) is 4.06. The Morgan fingerprint density at radius 1 is 1.12 bits per heavy atom. The number of fused-ring (bicyclic) bond motifs is 1. The van der Waals surface area contributed by atoms with E-state index in [9.17, 15) is 4.79 Å². The molecular formula is C24H19Cl2N3O3S. The first kappa shape index (κ1) is 23.0. The quantitative estimate of drug-likeness (QED) is 0.309. The van der Waals surface area contributed by atoms with Gasteiger partial charge < -0.3 is 14.5 Å². The standard InChI is InChI=1S/C24H19Cl2N3O3S/c1-13-6-8-21-19(10-13)28-23(32-21)15-4-3-5-17(11-15)27-24(33)29-22(30)14(2)31-20-9-7-16(25)12-18(20)26/h3-12,14H,1-2H3,(H2,27,29,30,33). The molecule has 0 aliphatic carbocycles. The van der Waals surface area contributed by atoms with Crippen LogP contribution in [-0.2, 0) is 4.79 Å². The summed E-state index contributed by atoms with van der Waals surface area (Å²) in [5.74, 6) is 0.420. The number of carbonyl (C=O) groups is 1. The van der Waals surface area contributed by atoms with Crippen molar-refractivity contribution in [2.45, 2.75) is 20.0 Å². The number of amides is 1. The number of ether oxygens (including phenoxy) is 1. The van der Waals surface area contributed by atoms with Crippen LogP contribution in [0.15, 0.2) is 65.1 Å². The summed E-state index contributed by atoms with van der Waals surface area (Å²) in [4.78, 5) is 17.0. The lowest BCUT2D eigenvalue weighted by molar-refractivity contribution is -0.125. The predicted molar refractivity (Wildman–Crippen MR) is 135 cm³/mol. The lowest BCUT2D eigenvalue weighted by Crippen LogP contribution is -2.42. The number of rotatable bonds is 5. The van der Waals surface area contributed by atoms with E-state index in [-0.39, 0.29) is 5.11 Å². The number of nitrogens with zero attached hydrogens (tertiary/aromatic N) is 1. The Hall–Kier alpha value is -3.13. The van der Waals surface area contributed by atoms with Gasteiger partial charge in [-0.15, -0.1) is 0 Å². The van der Waals surface area contributed by atoms with E-state index in [1.54, 1.807) is 25.1 Å². The monoisotopic (exact) mass is 499 g/mol. The maximum atomic E-state index is 12.5. The van der Waals surface area contributed by atoms with Crippen molar-refractivity contribution >= 4 is 63.2 Å². The molecule has 4 aromatic rings. The Morgan fingerprint density at radius 3 is 2.73 bits per heavy atom. The van der Waals surface area contributed by atoms with Gasteiger partial charge in [-0.3, -0.25) is 10.1 Å². The van der Waals surface area contributed by atoms with Gasteiger partial charge in [0.2, 0.25) is 5.89 Å². The number of carbonyl (C=O) groups excluding carboxylic acids is 1. The van der Waals surface area contributed by atoms with Gasteiger partial charge in [-0.2, -0.15) is 0 Å². The smallest absolute Gasteiger partial charge is 0.266 e. The minimum atomic E-state index is -0.835. The molecule has 0 spiro atoms. The highest BCUT2D eigenvalue weighted by Crippen LogP contribution is 2.29. The number of thiocarbonyl (C=S) groups is 1. The molecule has 2 N–H and O–H groups in total. The topological polar surface area (TPSA) is 76.4 Å². The predicted octanol–water partition coefficient (Wildman–Crippen LogP) is 6.39. The lowest BCUT2D eigenvalue weighted by Gasteiger charge is -2.16. The van der Waals surface area contributed by atoms with Gasteiger partial charge in [-0.1, -0.05) is 35.3 Å². The first-order chi connectivity index (χ1) is 15.8. The number of hydrogen-bond acceptors (Lipinski definition) is 5. The molecule has 9 heteroatoms. The molecule has 1 heterocycles. The third-order valence-electron chi connectivity index (χ3n) is 4.71. The van der Waals surface area contributed by atoms with Gasteiger partial charge in [-0.05, 0) is 80.2 Å². The van der Waals surface area contributed by atoms with E-state index in [2.05, 4.69) is 15.6 Å². The molecular weight excluding hydrogens is 481 g/mol. The van der Waals surface area contributed by atoms with Crippen LogP contribution in [0.25, 0.3) is 22.6 Å². The summed E-state index contributed by atoms with van der Waals surface area (Å²) in [5, 5.41) is 6.53. The fraction of sp³-hybridized carbons (Fsp3) is 0.125. The van der Waals surface area contributed by atoms with Gasteiger partial charge >= 0.3 is 0 Å². The molecule has 3 aromatic carbocycles. The Morgan fingerprint density at radius 2 is 1.94 bits per heavy atom. The molecule has 0 aliphatic rings. The van der Waals surface area contributed by atoms with Crippen molar-refractivity contribution in [2.24, 2.45) is 0 Å². The highest BCUT2D eigenvalue weighted by molar-refractivity contribution is 7.80. The van der Waals surface area contributed by atoms with E-state index in [1.807, 2.05) is 49.4 Å². The number of nitrogens with one attached hydrogen (secondary N) is 2. The van der Waals surface area contributed by atoms with Crippen molar-refractivity contribution in [3.8, 4) is 17.2 Å². The maximum absolute atomic E-state index is 12.5. The number of aromatic nitrogens is 1. The second-order valence-corrected chi connectivity index (χ2v) is 8.60. The number of halogens is 2. The molecule has 0 bridgehead atoms. The van der Waals surface area contributed by atoms with Crippen molar-refractivity contribution in [1.82, 2.24) is 10.3 Å². The molecule has 0 fully saturated rings. The van der Waals surface area contributed by atoms with Crippen LogP contribution >= 0.6 is 35.4 Å². The van der Waals surface area contributed by atoms with Crippen molar-refractivity contribution in [1.29, 1.82) is 0 Å². The van der Waals surface area contributed by atoms with E-state index in [4.69, 9.17) is 44.6 Å². The van der Waals surface area contributed by atoms with Gasteiger partial charge in [0.1, 0.15) is 11.3 Å². The van der Waals surface area contributed by atoms with Crippen molar-refractivity contribution in [3.63, 3.8) is 0 Å². The Bertz CT molecular complexity index is 1360.